The summed E-state index contributed by atoms with van der Waals surface area (Å²) >= 11 is 0.882. The molecule has 2 heterocycles. The van der Waals surface area contributed by atoms with Crippen LogP contribution in [0.1, 0.15) is 29.7 Å². The number of hydrogen-bond acceptors (Lipinski definition) is 6. The molecule has 0 fully saturated rings. The van der Waals surface area contributed by atoms with Crippen LogP contribution in [0, 0.1) is 0 Å². The predicted octanol–water partition coefficient (Wildman–Crippen LogP) is 0.230. The predicted molar refractivity (Wildman–Crippen MR) is 75.7 cm³/mol. The molecule has 110 valence electrons. The van der Waals surface area contributed by atoms with E-state index in [9.17, 15) is 14.4 Å². The van der Waals surface area contributed by atoms with Crippen molar-refractivity contribution >= 4 is 29.1 Å². The SMILES string of the molecule is NC(=O)c1ccncc1.NNC(=O)c1ccc(C(=O)O)s1. The summed E-state index contributed by atoms with van der Waals surface area (Å²) in [6.45, 7) is 0. The van der Waals surface area contributed by atoms with Crippen molar-refractivity contribution in [1.82, 2.24) is 10.4 Å². The molecule has 6 N–H and O–H groups in total. The highest BCUT2D eigenvalue weighted by Gasteiger charge is 2.10. The summed E-state index contributed by atoms with van der Waals surface area (Å²) in [6, 6.07) is 5.92. The molecule has 8 nitrogen and oxygen atoms in total. The number of hydrazine groups is 1. The lowest BCUT2D eigenvalue weighted by Gasteiger charge is -1.91. The molecule has 0 unspecified atom stereocenters. The minimum absolute atomic E-state index is 0.119. The van der Waals surface area contributed by atoms with Crippen molar-refractivity contribution in [2.75, 3.05) is 0 Å². The van der Waals surface area contributed by atoms with E-state index in [-0.39, 0.29) is 9.75 Å². The van der Waals surface area contributed by atoms with Gasteiger partial charge in [0.05, 0.1) is 4.88 Å². The molecule has 0 aliphatic carbocycles. The first-order valence-corrected chi connectivity index (χ1v) is 6.31. The van der Waals surface area contributed by atoms with E-state index in [2.05, 4.69) is 4.98 Å². The second-order valence-corrected chi connectivity index (χ2v) is 4.63. The number of carbonyl (C=O) groups is 3. The zero-order chi connectivity index (χ0) is 15.8. The molecule has 0 bridgehead atoms. The van der Waals surface area contributed by atoms with E-state index >= 15 is 0 Å². The summed E-state index contributed by atoms with van der Waals surface area (Å²) < 4.78 is 0. The van der Waals surface area contributed by atoms with Gasteiger partial charge >= 0.3 is 5.97 Å². The molecule has 0 aliphatic heterocycles. The number of carboxylic acids is 1. The molecule has 2 rings (SSSR count). The van der Waals surface area contributed by atoms with Crippen molar-refractivity contribution in [3.05, 3.63) is 52.0 Å². The van der Waals surface area contributed by atoms with Gasteiger partial charge in [-0.25, -0.2) is 10.6 Å². The third-order valence-electron chi connectivity index (χ3n) is 2.14. The number of aromatic nitrogens is 1. The Labute approximate surface area is 123 Å². The van der Waals surface area contributed by atoms with Crippen molar-refractivity contribution in [1.29, 1.82) is 0 Å². The Bertz CT molecular complexity index is 642. The maximum absolute atomic E-state index is 10.8. The monoisotopic (exact) mass is 308 g/mol. The van der Waals surface area contributed by atoms with Crippen molar-refractivity contribution < 1.29 is 19.5 Å². The number of thiophene rings is 1. The molecule has 0 saturated heterocycles. The topological polar surface area (TPSA) is 148 Å². The Kier molecular flexibility index (Phi) is 5.99. The minimum atomic E-state index is -1.05. The van der Waals surface area contributed by atoms with Gasteiger partial charge in [-0.1, -0.05) is 0 Å². The molecule has 0 saturated carbocycles. The number of nitrogens with two attached hydrogens (primary N) is 2. The second-order valence-electron chi connectivity index (χ2n) is 3.54. The van der Waals surface area contributed by atoms with Crippen LogP contribution in [-0.4, -0.2) is 27.9 Å². The number of nitrogens with zero attached hydrogens (tertiary/aromatic N) is 1. The van der Waals surface area contributed by atoms with Gasteiger partial charge in [0.25, 0.3) is 5.91 Å². The molecule has 9 heteroatoms. The fraction of sp³-hybridized carbons (Fsp3) is 0. The first-order chi connectivity index (χ1) is 9.95. The standard InChI is InChI=1S/C6H6N2O3S.C6H6N2O/c7-8-5(9)3-1-2-4(12-3)6(10)11;7-6(9)5-1-3-8-4-2-5/h1-2H,7H2,(H,8,9)(H,10,11);1-4H,(H2,7,9). The van der Waals surface area contributed by atoms with E-state index in [1.165, 1.54) is 24.5 Å². The van der Waals surface area contributed by atoms with E-state index in [1.807, 2.05) is 5.43 Å². The van der Waals surface area contributed by atoms with Crippen LogP contribution in [0.5, 0.6) is 0 Å². The third-order valence-corrected chi connectivity index (χ3v) is 3.21. The summed E-state index contributed by atoms with van der Waals surface area (Å²) in [5.41, 5.74) is 7.35. The maximum atomic E-state index is 10.8. The van der Waals surface area contributed by atoms with Gasteiger partial charge in [0, 0.05) is 18.0 Å². The van der Waals surface area contributed by atoms with Gasteiger partial charge in [0.1, 0.15) is 4.88 Å². The smallest absolute Gasteiger partial charge is 0.345 e. The molecule has 2 aromatic heterocycles. The largest absolute Gasteiger partial charge is 0.477 e. The average molecular weight is 308 g/mol. The van der Waals surface area contributed by atoms with Gasteiger partial charge in [-0.15, -0.1) is 11.3 Å². The van der Waals surface area contributed by atoms with Crippen molar-refractivity contribution in [3.8, 4) is 0 Å². The Morgan fingerprint density at radius 1 is 1.10 bits per heavy atom. The fourth-order valence-corrected chi connectivity index (χ4v) is 1.91. The van der Waals surface area contributed by atoms with Crippen LogP contribution in [0.15, 0.2) is 36.7 Å². The van der Waals surface area contributed by atoms with E-state index in [1.54, 1.807) is 12.1 Å². The van der Waals surface area contributed by atoms with Gasteiger partial charge in [-0.05, 0) is 24.3 Å². The Morgan fingerprint density at radius 3 is 2.05 bits per heavy atom. The number of rotatable bonds is 3. The number of pyridine rings is 1. The molecule has 2 aromatic rings. The maximum Gasteiger partial charge on any atom is 0.345 e. The number of carbonyl (C=O) groups excluding carboxylic acids is 2. The number of amides is 2. The molecule has 0 aromatic carbocycles. The fourth-order valence-electron chi connectivity index (χ4n) is 1.16. The number of aromatic carboxylic acids is 1. The van der Waals surface area contributed by atoms with Crippen LogP contribution in [0.3, 0.4) is 0 Å². The van der Waals surface area contributed by atoms with Gasteiger partial charge in [-0.3, -0.25) is 20.0 Å². The lowest BCUT2D eigenvalue weighted by Crippen LogP contribution is -2.29. The Balaban J connectivity index is 0.000000219. The summed E-state index contributed by atoms with van der Waals surface area (Å²) in [5.74, 6) is 2.91. The molecule has 0 radical (unpaired) electrons. The second kappa shape index (κ2) is 7.72. The third kappa shape index (κ3) is 5.01. The molecular weight excluding hydrogens is 296 g/mol. The Hall–Kier alpha value is -2.78. The first-order valence-electron chi connectivity index (χ1n) is 5.49. The van der Waals surface area contributed by atoms with Crippen molar-refractivity contribution in [3.63, 3.8) is 0 Å². The molecular formula is C12H12N4O4S. The minimum Gasteiger partial charge on any atom is -0.477 e. The first kappa shape index (κ1) is 16.3. The van der Waals surface area contributed by atoms with Crippen LogP contribution in [0.4, 0.5) is 0 Å². The van der Waals surface area contributed by atoms with Crippen LogP contribution in [-0.2, 0) is 0 Å². The summed E-state index contributed by atoms with van der Waals surface area (Å²) in [6.07, 6.45) is 3.06. The molecule has 21 heavy (non-hydrogen) atoms. The quantitative estimate of drug-likeness (QED) is 0.362. The molecule has 0 spiro atoms. The average Bonchev–Trinajstić information content (AvgIpc) is 2.98. The summed E-state index contributed by atoms with van der Waals surface area (Å²) in [5, 5.41) is 8.50. The van der Waals surface area contributed by atoms with E-state index < -0.39 is 17.8 Å². The highest BCUT2D eigenvalue weighted by molar-refractivity contribution is 7.15. The number of hydrogen-bond donors (Lipinski definition) is 4. The lowest BCUT2D eigenvalue weighted by atomic mass is 10.3. The number of nitrogen functional groups attached to an aromatic ring is 1. The zero-order valence-corrected chi connectivity index (χ0v) is 11.5. The number of primary amides is 1. The van der Waals surface area contributed by atoms with Gasteiger partial charge in [0.2, 0.25) is 5.91 Å². The van der Waals surface area contributed by atoms with Crippen LogP contribution in [0.2, 0.25) is 0 Å². The summed E-state index contributed by atoms with van der Waals surface area (Å²) in [7, 11) is 0. The Morgan fingerprint density at radius 2 is 1.67 bits per heavy atom. The highest BCUT2D eigenvalue weighted by atomic mass is 32.1. The number of carboxylic acid groups (broad SMARTS) is 1. The molecule has 2 amide bonds. The van der Waals surface area contributed by atoms with Crippen molar-refractivity contribution in [2.24, 2.45) is 11.6 Å². The molecule has 0 aliphatic rings. The van der Waals surface area contributed by atoms with Gasteiger partial charge < -0.3 is 10.8 Å². The highest BCUT2D eigenvalue weighted by Crippen LogP contribution is 2.15. The van der Waals surface area contributed by atoms with Crippen molar-refractivity contribution in [2.45, 2.75) is 0 Å². The van der Waals surface area contributed by atoms with Gasteiger partial charge in [0.15, 0.2) is 0 Å². The lowest BCUT2D eigenvalue weighted by molar-refractivity contribution is 0.0701. The zero-order valence-electron chi connectivity index (χ0n) is 10.6. The van der Waals surface area contributed by atoms with E-state index in [4.69, 9.17) is 16.7 Å². The van der Waals surface area contributed by atoms with Crippen LogP contribution >= 0.6 is 11.3 Å². The number of nitrogens with one attached hydrogen (secondary N) is 1. The van der Waals surface area contributed by atoms with Crippen LogP contribution < -0.4 is 17.0 Å². The normalized spacial score (nSPS) is 9.19. The van der Waals surface area contributed by atoms with E-state index in [0.29, 0.717) is 5.56 Å². The molecule has 0 atom stereocenters. The van der Waals surface area contributed by atoms with E-state index in [0.717, 1.165) is 11.3 Å². The van der Waals surface area contributed by atoms with Crippen LogP contribution in [0.25, 0.3) is 0 Å². The van der Waals surface area contributed by atoms with Gasteiger partial charge in [-0.2, -0.15) is 0 Å². The summed E-state index contributed by atoms with van der Waals surface area (Å²) in [4.78, 5) is 35.7.